The molecule has 0 N–H and O–H groups in total. The molecule has 0 saturated carbocycles. The molecule has 18 heavy (non-hydrogen) atoms. The van der Waals surface area contributed by atoms with E-state index in [1.807, 2.05) is 0 Å². The quantitative estimate of drug-likeness (QED) is 0.629. The molecule has 0 nitrogen and oxygen atoms in total. The van der Waals surface area contributed by atoms with E-state index in [2.05, 4.69) is 58.9 Å². The van der Waals surface area contributed by atoms with Crippen molar-refractivity contribution in [2.45, 2.75) is 34.6 Å². The second-order valence-corrected chi connectivity index (χ2v) is 5.58. The highest BCUT2D eigenvalue weighted by molar-refractivity contribution is 6.31. The van der Waals surface area contributed by atoms with E-state index in [0.29, 0.717) is 0 Å². The first-order chi connectivity index (χ1) is 8.40. The van der Waals surface area contributed by atoms with Crippen LogP contribution in [-0.2, 0) is 0 Å². The summed E-state index contributed by atoms with van der Waals surface area (Å²) in [6.45, 7) is 10.6. The topological polar surface area (TPSA) is 0 Å². The number of hydrogen-bond acceptors (Lipinski definition) is 0. The first-order valence-electron chi connectivity index (χ1n) is 6.25. The van der Waals surface area contributed by atoms with Gasteiger partial charge >= 0.3 is 0 Å². The van der Waals surface area contributed by atoms with E-state index in [1.54, 1.807) is 0 Å². The molecule has 0 spiro atoms. The lowest BCUT2D eigenvalue weighted by atomic mass is 9.92. The number of benzene rings is 2. The van der Waals surface area contributed by atoms with Crippen LogP contribution in [0.4, 0.5) is 0 Å². The molecule has 0 aliphatic carbocycles. The highest BCUT2D eigenvalue weighted by Gasteiger charge is 2.09. The fourth-order valence-corrected chi connectivity index (χ4v) is 2.86. The average molecular weight is 259 g/mol. The maximum atomic E-state index is 6.30. The molecule has 0 fully saturated rings. The summed E-state index contributed by atoms with van der Waals surface area (Å²) in [5.41, 5.74) is 8.88. The summed E-state index contributed by atoms with van der Waals surface area (Å²) in [6.07, 6.45) is 0. The summed E-state index contributed by atoms with van der Waals surface area (Å²) in [5, 5.41) is 0.851. The minimum atomic E-state index is 0.851. The lowest BCUT2D eigenvalue weighted by Gasteiger charge is -2.14. The summed E-state index contributed by atoms with van der Waals surface area (Å²) >= 11 is 6.30. The summed E-state index contributed by atoms with van der Waals surface area (Å²) in [7, 11) is 0. The van der Waals surface area contributed by atoms with Crippen molar-refractivity contribution < 1.29 is 0 Å². The van der Waals surface area contributed by atoms with Gasteiger partial charge in [0.25, 0.3) is 0 Å². The van der Waals surface area contributed by atoms with Crippen molar-refractivity contribution in [1.29, 1.82) is 0 Å². The van der Waals surface area contributed by atoms with E-state index in [-0.39, 0.29) is 0 Å². The van der Waals surface area contributed by atoms with E-state index in [1.165, 1.54) is 38.9 Å². The van der Waals surface area contributed by atoms with Gasteiger partial charge in [-0.1, -0.05) is 35.4 Å². The van der Waals surface area contributed by atoms with Crippen molar-refractivity contribution in [2.24, 2.45) is 0 Å². The Morgan fingerprint density at radius 2 is 1.28 bits per heavy atom. The van der Waals surface area contributed by atoms with Crippen molar-refractivity contribution in [3.63, 3.8) is 0 Å². The van der Waals surface area contributed by atoms with Gasteiger partial charge in [-0.15, -0.1) is 0 Å². The monoisotopic (exact) mass is 258 g/mol. The SMILES string of the molecule is Cc1cc(C)c(-c2cc(C)c(C)c(Cl)c2)c(C)c1. The minimum absolute atomic E-state index is 0.851. The molecule has 0 bridgehead atoms. The first kappa shape index (κ1) is 13.2. The van der Waals surface area contributed by atoms with E-state index in [4.69, 9.17) is 11.6 Å². The summed E-state index contributed by atoms with van der Waals surface area (Å²) in [5.74, 6) is 0. The Morgan fingerprint density at radius 1 is 0.722 bits per heavy atom. The molecule has 1 heteroatoms. The van der Waals surface area contributed by atoms with Crippen molar-refractivity contribution >= 4 is 11.6 Å². The van der Waals surface area contributed by atoms with Gasteiger partial charge in [0.15, 0.2) is 0 Å². The van der Waals surface area contributed by atoms with Crippen LogP contribution in [0.2, 0.25) is 5.02 Å². The normalized spacial score (nSPS) is 10.8. The van der Waals surface area contributed by atoms with Crippen LogP contribution >= 0.6 is 11.6 Å². The molecule has 0 heterocycles. The number of rotatable bonds is 1. The van der Waals surface area contributed by atoms with Gasteiger partial charge < -0.3 is 0 Å². The third kappa shape index (κ3) is 2.30. The van der Waals surface area contributed by atoms with Crippen LogP contribution in [0.1, 0.15) is 27.8 Å². The van der Waals surface area contributed by atoms with Gasteiger partial charge in [0, 0.05) is 5.02 Å². The van der Waals surface area contributed by atoms with E-state index in [0.717, 1.165) is 5.02 Å². The van der Waals surface area contributed by atoms with E-state index >= 15 is 0 Å². The Balaban J connectivity index is 2.70. The van der Waals surface area contributed by atoms with E-state index < -0.39 is 0 Å². The molecule has 0 atom stereocenters. The summed E-state index contributed by atoms with van der Waals surface area (Å²) in [6, 6.07) is 8.76. The van der Waals surface area contributed by atoms with Gasteiger partial charge in [-0.05, 0) is 74.1 Å². The molecule has 0 radical (unpaired) electrons. The van der Waals surface area contributed by atoms with Crippen molar-refractivity contribution in [3.8, 4) is 11.1 Å². The van der Waals surface area contributed by atoms with Crippen LogP contribution in [0.15, 0.2) is 24.3 Å². The molecule has 2 aromatic carbocycles. The zero-order valence-electron chi connectivity index (χ0n) is 11.7. The van der Waals surface area contributed by atoms with Crippen molar-refractivity contribution in [2.75, 3.05) is 0 Å². The molecule has 94 valence electrons. The Labute approximate surface area is 115 Å². The number of hydrogen-bond donors (Lipinski definition) is 0. The van der Waals surface area contributed by atoms with Gasteiger partial charge in [0.1, 0.15) is 0 Å². The Morgan fingerprint density at radius 3 is 1.78 bits per heavy atom. The number of aryl methyl sites for hydroxylation is 4. The van der Waals surface area contributed by atoms with Gasteiger partial charge in [0.2, 0.25) is 0 Å². The maximum Gasteiger partial charge on any atom is 0.0443 e. The predicted molar refractivity (Wildman–Crippen MR) is 80.6 cm³/mol. The highest BCUT2D eigenvalue weighted by atomic mass is 35.5. The van der Waals surface area contributed by atoms with Crippen LogP contribution < -0.4 is 0 Å². The third-order valence-electron chi connectivity index (χ3n) is 3.57. The second-order valence-electron chi connectivity index (χ2n) is 5.17. The van der Waals surface area contributed by atoms with Crippen LogP contribution in [-0.4, -0.2) is 0 Å². The molecule has 2 aromatic rings. The van der Waals surface area contributed by atoms with Gasteiger partial charge in [-0.3, -0.25) is 0 Å². The Hall–Kier alpha value is -1.27. The zero-order chi connectivity index (χ0) is 13.4. The lowest BCUT2D eigenvalue weighted by Crippen LogP contribution is -1.92. The fourth-order valence-electron chi connectivity index (χ4n) is 2.60. The third-order valence-corrected chi connectivity index (χ3v) is 3.96. The molecular weight excluding hydrogens is 240 g/mol. The minimum Gasteiger partial charge on any atom is -0.0840 e. The molecule has 2 rings (SSSR count). The summed E-state index contributed by atoms with van der Waals surface area (Å²) < 4.78 is 0. The molecule has 0 saturated heterocycles. The number of halogens is 1. The maximum absolute atomic E-state index is 6.30. The molecule has 0 amide bonds. The summed E-state index contributed by atoms with van der Waals surface area (Å²) in [4.78, 5) is 0. The lowest BCUT2D eigenvalue weighted by molar-refractivity contribution is 1.30. The second kappa shape index (κ2) is 4.78. The molecule has 0 aliphatic heterocycles. The standard InChI is InChI=1S/C17H19Cl/c1-10-6-12(3)17(13(4)7-10)15-8-11(2)14(5)16(18)9-15/h6-9H,1-5H3. The largest absolute Gasteiger partial charge is 0.0840 e. The smallest absolute Gasteiger partial charge is 0.0443 e. The van der Waals surface area contributed by atoms with Gasteiger partial charge in [-0.25, -0.2) is 0 Å². The van der Waals surface area contributed by atoms with Crippen molar-refractivity contribution in [1.82, 2.24) is 0 Å². The highest BCUT2D eigenvalue weighted by Crippen LogP contribution is 2.32. The molecule has 0 unspecified atom stereocenters. The zero-order valence-corrected chi connectivity index (χ0v) is 12.4. The van der Waals surface area contributed by atoms with Crippen LogP contribution in [0.3, 0.4) is 0 Å². The molecular formula is C17H19Cl. The van der Waals surface area contributed by atoms with Crippen molar-refractivity contribution in [3.05, 3.63) is 57.1 Å². The Bertz CT molecular complexity index is 563. The average Bonchev–Trinajstić information content (AvgIpc) is 2.24. The first-order valence-corrected chi connectivity index (χ1v) is 6.63. The Kier molecular flexibility index (Phi) is 3.49. The van der Waals surface area contributed by atoms with Gasteiger partial charge in [-0.2, -0.15) is 0 Å². The molecule has 0 aromatic heterocycles. The van der Waals surface area contributed by atoms with Crippen LogP contribution in [0.25, 0.3) is 11.1 Å². The van der Waals surface area contributed by atoms with Gasteiger partial charge in [0.05, 0.1) is 0 Å². The van der Waals surface area contributed by atoms with E-state index in [9.17, 15) is 0 Å². The van der Waals surface area contributed by atoms with Crippen LogP contribution in [0, 0.1) is 34.6 Å². The molecule has 0 aliphatic rings. The fraction of sp³-hybridized carbons (Fsp3) is 0.294. The predicted octanol–water partition coefficient (Wildman–Crippen LogP) is 5.55. The van der Waals surface area contributed by atoms with Crippen LogP contribution in [0.5, 0.6) is 0 Å².